The molecule has 4 nitrogen and oxygen atoms in total. The Labute approximate surface area is 132 Å². The zero-order valence-corrected chi connectivity index (χ0v) is 13.2. The maximum atomic E-state index is 12.4. The summed E-state index contributed by atoms with van der Waals surface area (Å²) < 4.78 is 0.988. The van der Waals surface area contributed by atoms with E-state index in [0.29, 0.717) is 0 Å². The number of anilines is 1. The largest absolute Gasteiger partial charge is 0.368 e. The molecule has 0 radical (unpaired) electrons. The predicted molar refractivity (Wildman–Crippen MR) is 86.5 cm³/mol. The van der Waals surface area contributed by atoms with Crippen molar-refractivity contribution < 1.29 is 4.79 Å². The maximum absolute atomic E-state index is 12.4. The zero-order chi connectivity index (χ0) is 14.7. The van der Waals surface area contributed by atoms with Gasteiger partial charge in [0.1, 0.15) is 0 Å². The van der Waals surface area contributed by atoms with Crippen molar-refractivity contribution in [1.82, 2.24) is 9.88 Å². The molecule has 21 heavy (non-hydrogen) atoms. The molecule has 1 aromatic carbocycles. The molecule has 3 rings (SSSR count). The average molecular weight is 346 g/mol. The highest BCUT2D eigenvalue weighted by Gasteiger charge is 2.22. The first-order chi connectivity index (χ1) is 10.2. The SMILES string of the molecule is O=C(c1ccc(Br)cc1)N1CCN(c2ccncc2)CC1. The van der Waals surface area contributed by atoms with Crippen molar-refractivity contribution in [3.05, 3.63) is 58.8 Å². The summed E-state index contributed by atoms with van der Waals surface area (Å²) in [6.45, 7) is 3.20. The Kier molecular flexibility index (Phi) is 4.20. The lowest BCUT2D eigenvalue weighted by atomic mass is 10.2. The second-order valence-corrected chi connectivity index (χ2v) is 5.91. The van der Waals surface area contributed by atoms with Gasteiger partial charge in [-0.3, -0.25) is 9.78 Å². The number of carbonyl (C=O) groups is 1. The van der Waals surface area contributed by atoms with E-state index in [1.807, 2.05) is 41.3 Å². The van der Waals surface area contributed by atoms with Crippen LogP contribution < -0.4 is 4.90 Å². The minimum Gasteiger partial charge on any atom is -0.368 e. The lowest BCUT2D eigenvalue weighted by Gasteiger charge is -2.36. The molecule has 108 valence electrons. The van der Waals surface area contributed by atoms with Gasteiger partial charge in [0.25, 0.3) is 5.91 Å². The van der Waals surface area contributed by atoms with E-state index in [2.05, 4.69) is 25.8 Å². The van der Waals surface area contributed by atoms with Crippen LogP contribution in [0.5, 0.6) is 0 Å². The summed E-state index contributed by atoms with van der Waals surface area (Å²) in [5.74, 6) is 0.108. The summed E-state index contributed by atoms with van der Waals surface area (Å²) in [5.41, 5.74) is 1.91. The Balaban J connectivity index is 1.63. The van der Waals surface area contributed by atoms with Gasteiger partial charge in [-0.15, -0.1) is 0 Å². The van der Waals surface area contributed by atoms with Gasteiger partial charge in [-0.1, -0.05) is 15.9 Å². The normalized spacial score (nSPS) is 15.1. The van der Waals surface area contributed by atoms with E-state index in [1.54, 1.807) is 12.4 Å². The lowest BCUT2D eigenvalue weighted by Crippen LogP contribution is -2.48. The number of amides is 1. The van der Waals surface area contributed by atoms with Crippen molar-refractivity contribution in [3.63, 3.8) is 0 Å². The second-order valence-electron chi connectivity index (χ2n) is 4.99. The van der Waals surface area contributed by atoms with Crippen LogP contribution in [0.4, 0.5) is 5.69 Å². The van der Waals surface area contributed by atoms with Crippen LogP contribution in [0.1, 0.15) is 10.4 Å². The molecule has 0 bridgehead atoms. The molecule has 1 aliphatic heterocycles. The van der Waals surface area contributed by atoms with Gasteiger partial charge < -0.3 is 9.80 Å². The number of piperazine rings is 1. The predicted octanol–water partition coefficient (Wildman–Crippen LogP) is 2.81. The van der Waals surface area contributed by atoms with E-state index in [-0.39, 0.29) is 5.91 Å². The van der Waals surface area contributed by atoms with E-state index in [0.717, 1.165) is 36.2 Å². The quantitative estimate of drug-likeness (QED) is 0.839. The van der Waals surface area contributed by atoms with Crippen molar-refractivity contribution in [1.29, 1.82) is 0 Å². The highest BCUT2D eigenvalue weighted by Crippen LogP contribution is 2.17. The number of nitrogens with zero attached hydrogens (tertiary/aromatic N) is 3. The van der Waals surface area contributed by atoms with Crippen molar-refractivity contribution in [3.8, 4) is 0 Å². The smallest absolute Gasteiger partial charge is 0.253 e. The van der Waals surface area contributed by atoms with Crippen LogP contribution in [0, 0.1) is 0 Å². The van der Waals surface area contributed by atoms with Gasteiger partial charge in [0, 0.05) is 54.3 Å². The summed E-state index contributed by atoms with van der Waals surface area (Å²) in [6.07, 6.45) is 3.60. The summed E-state index contributed by atoms with van der Waals surface area (Å²) in [5, 5.41) is 0. The van der Waals surface area contributed by atoms with Crippen molar-refractivity contribution in [2.24, 2.45) is 0 Å². The molecule has 0 unspecified atom stereocenters. The Morgan fingerprint density at radius 2 is 1.57 bits per heavy atom. The highest BCUT2D eigenvalue weighted by atomic mass is 79.9. The zero-order valence-electron chi connectivity index (χ0n) is 11.6. The first kappa shape index (κ1) is 14.1. The summed E-state index contributed by atoms with van der Waals surface area (Å²) in [4.78, 5) is 20.7. The molecule has 0 spiro atoms. The fourth-order valence-electron chi connectivity index (χ4n) is 2.50. The van der Waals surface area contributed by atoms with Gasteiger partial charge >= 0.3 is 0 Å². The summed E-state index contributed by atoms with van der Waals surface area (Å²) in [7, 11) is 0. The van der Waals surface area contributed by atoms with E-state index in [1.165, 1.54) is 5.69 Å². The molecule has 0 saturated carbocycles. The molecule has 1 amide bonds. The average Bonchev–Trinajstić information content (AvgIpc) is 2.56. The molecule has 0 N–H and O–H groups in total. The van der Waals surface area contributed by atoms with Gasteiger partial charge in [-0.25, -0.2) is 0 Å². The fraction of sp³-hybridized carbons (Fsp3) is 0.250. The minimum absolute atomic E-state index is 0.108. The Morgan fingerprint density at radius 3 is 2.19 bits per heavy atom. The Bertz CT molecular complexity index is 607. The molecule has 0 aliphatic carbocycles. The van der Waals surface area contributed by atoms with E-state index < -0.39 is 0 Å². The van der Waals surface area contributed by atoms with Crippen LogP contribution in [0.15, 0.2) is 53.3 Å². The molecule has 2 heterocycles. The van der Waals surface area contributed by atoms with Crippen molar-refractivity contribution in [2.75, 3.05) is 31.1 Å². The molecular formula is C16H16BrN3O. The molecule has 1 aromatic heterocycles. The number of hydrogen-bond donors (Lipinski definition) is 0. The number of aromatic nitrogens is 1. The molecular weight excluding hydrogens is 330 g/mol. The number of rotatable bonds is 2. The van der Waals surface area contributed by atoms with Crippen LogP contribution in [0.2, 0.25) is 0 Å². The standard InChI is InChI=1S/C16H16BrN3O/c17-14-3-1-13(2-4-14)16(21)20-11-9-19(10-12-20)15-5-7-18-8-6-15/h1-8H,9-12H2. The first-order valence-electron chi connectivity index (χ1n) is 6.94. The monoisotopic (exact) mass is 345 g/mol. The molecule has 1 aliphatic rings. The van der Waals surface area contributed by atoms with Gasteiger partial charge in [-0.05, 0) is 36.4 Å². The molecule has 0 atom stereocenters. The third kappa shape index (κ3) is 3.24. The Morgan fingerprint density at radius 1 is 0.952 bits per heavy atom. The number of pyridine rings is 1. The van der Waals surface area contributed by atoms with Gasteiger partial charge in [0.2, 0.25) is 0 Å². The fourth-order valence-corrected chi connectivity index (χ4v) is 2.76. The second kappa shape index (κ2) is 6.26. The van der Waals surface area contributed by atoms with Crippen LogP contribution in [0.25, 0.3) is 0 Å². The number of benzene rings is 1. The summed E-state index contributed by atoms with van der Waals surface area (Å²) in [6, 6.07) is 11.5. The highest BCUT2D eigenvalue weighted by molar-refractivity contribution is 9.10. The number of hydrogen-bond acceptors (Lipinski definition) is 3. The Hall–Kier alpha value is -1.88. The van der Waals surface area contributed by atoms with Crippen LogP contribution in [0.3, 0.4) is 0 Å². The summed E-state index contributed by atoms with van der Waals surface area (Å²) >= 11 is 3.39. The van der Waals surface area contributed by atoms with Crippen molar-refractivity contribution >= 4 is 27.5 Å². The van der Waals surface area contributed by atoms with Crippen molar-refractivity contribution in [2.45, 2.75) is 0 Å². The third-order valence-corrected chi connectivity index (χ3v) is 4.21. The number of halogens is 1. The molecule has 2 aromatic rings. The van der Waals surface area contributed by atoms with Gasteiger partial charge in [-0.2, -0.15) is 0 Å². The van der Waals surface area contributed by atoms with E-state index in [4.69, 9.17) is 0 Å². The molecule has 5 heteroatoms. The van der Waals surface area contributed by atoms with Gasteiger partial charge in [0.05, 0.1) is 0 Å². The topological polar surface area (TPSA) is 36.4 Å². The van der Waals surface area contributed by atoms with E-state index >= 15 is 0 Å². The number of carbonyl (C=O) groups excluding carboxylic acids is 1. The minimum atomic E-state index is 0.108. The van der Waals surface area contributed by atoms with Crippen LogP contribution in [-0.4, -0.2) is 42.0 Å². The maximum Gasteiger partial charge on any atom is 0.253 e. The first-order valence-corrected chi connectivity index (χ1v) is 7.73. The van der Waals surface area contributed by atoms with Crippen LogP contribution >= 0.6 is 15.9 Å². The molecule has 1 saturated heterocycles. The van der Waals surface area contributed by atoms with Crippen LogP contribution in [-0.2, 0) is 0 Å². The van der Waals surface area contributed by atoms with E-state index in [9.17, 15) is 4.79 Å². The third-order valence-electron chi connectivity index (χ3n) is 3.69. The lowest BCUT2D eigenvalue weighted by molar-refractivity contribution is 0.0747. The molecule has 1 fully saturated rings. The van der Waals surface area contributed by atoms with Gasteiger partial charge in [0.15, 0.2) is 0 Å².